The molecule has 1 heterocycles. The monoisotopic (exact) mass is 278 g/mol. The zero-order valence-corrected chi connectivity index (χ0v) is 12.7. The Hall–Kier alpha value is -1.95. The van der Waals surface area contributed by atoms with Crippen LogP contribution in [0.1, 0.15) is 19.4 Å². The Morgan fingerprint density at radius 2 is 1.95 bits per heavy atom. The number of hydrogen-bond donors (Lipinski definition) is 2. The number of pyridine rings is 1. The van der Waals surface area contributed by atoms with Crippen molar-refractivity contribution >= 4 is 17.5 Å². The minimum absolute atomic E-state index is 0.222. The number of aromatic nitrogens is 1. The number of carbonyl (C=O) groups is 2. The van der Waals surface area contributed by atoms with Crippen molar-refractivity contribution < 1.29 is 9.59 Å². The highest BCUT2D eigenvalue weighted by Crippen LogP contribution is 2.11. The van der Waals surface area contributed by atoms with Gasteiger partial charge in [0.15, 0.2) is 0 Å². The number of amides is 2. The van der Waals surface area contributed by atoms with Crippen molar-refractivity contribution in [1.29, 1.82) is 0 Å². The van der Waals surface area contributed by atoms with Crippen molar-refractivity contribution in [2.24, 2.45) is 0 Å². The normalized spacial score (nSPS) is 11.3. The second-order valence-electron chi connectivity index (χ2n) is 5.53. The maximum Gasteiger partial charge on any atom is 0.313 e. The Morgan fingerprint density at radius 3 is 2.50 bits per heavy atom. The molecule has 0 spiro atoms. The standard InChI is InChI=1S/C14H22N4O2/c1-10-6-7-15-8-11(10)17-13(20)12(19)16-9-14(2,3)18(4)5/h6-8H,9H2,1-5H3,(H,16,19)(H,17,20). The van der Waals surface area contributed by atoms with Crippen molar-refractivity contribution in [2.75, 3.05) is 26.0 Å². The van der Waals surface area contributed by atoms with Crippen LogP contribution in [0.25, 0.3) is 0 Å². The minimum atomic E-state index is -0.685. The van der Waals surface area contributed by atoms with Crippen LogP contribution in [-0.2, 0) is 9.59 Å². The Balaban J connectivity index is 2.57. The molecule has 0 unspecified atom stereocenters. The summed E-state index contributed by atoms with van der Waals surface area (Å²) in [4.78, 5) is 29.4. The van der Waals surface area contributed by atoms with Crippen molar-refractivity contribution in [1.82, 2.24) is 15.2 Å². The lowest BCUT2D eigenvalue weighted by molar-refractivity contribution is -0.136. The number of carbonyl (C=O) groups excluding carboxylic acids is 2. The molecule has 1 rings (SSSR count). The maximum absolute atomic E-state index is 11.8. The van der Waals surface area contributed by atoms with Crippen LogP contribution in [0.2, 0.25) is 0 Å². The molecule has 0 radical (unpaired) electrons. The molecular formula is C14H22N4O2. The third-order valence-electron chi connectivity index (χ3n) is 3.39. The fraction of sp³-hybridized carbons (Fsp3) is 0.500. The summed E-state index contributed by atoms with van der Waals surface area (Å²) >= 11 is 0. The number of likely N-dealkylation sites (N-methyl/N-ethyl adjacent to an activating group) is 1. The van der Waals surface area contributed by atoms with Crippen molar-refractivity contribution in [3.63, 3.8) is 0 Å². The number of rotatable bonds is 4. The lowest BCUT2D eigenvalue weighted by Gasteiger charge is -2.32. The predicted molar refractivity (Wildman–Crippen MR) is 78.4 cm³/mol. The van der Waals surface area contributed by atoms with E-state index >= 15 is 0 Å². The van der Waals surface area contributed by atoms with E-state index in [1.807, 2.05) is 39.8 Å². The van der Waals surface area contributed by atoms with E-state index in [1.54, 1.807) is 12.3 Å². The SMILES string of the molecule is Cc1ccncc1NC(=O)C(=O)NCC(C)(C)N(C)C. The lowest BCUT2D eigenvalue weighted by atomic mass is 10.0. The van der Waals surface area contributed by atoms with E-state index in [0.717, 1.165) is 5.56 Å². The predicted octanol–water partition coefficient (Wildman–Crippen LogP) is 0.785. The van der Waals surface area contributed by atoms with Crippen LogP contribution in [0, 0.1) is 6.92 Å². The van der Waals surface area contributed by atoms with E-state index in [0.29, 0.717) is 12.2 Å². The average Bonchev–Trinajstić information content (AvgIpc) is 2.38. The van der Waals surface area contributed by atoms with Crippen molar-refractivity contribution in [3.8, 4) is 0 Å². The fourth-order valence-corrected chi connectivity index (χ4v) is 1.31. The Kier molecular flexibility index (Phi) is 5.21. The summed E-state index contributed by atoms with van der Waals surface area (Å²) in [5, 5.41) is 5.18. The van der Waals surface area contributed by atoms with Crippen LogP contribution in [0.3, 0.4) is 0 Å². The molecule has 2 N–H and O–H groups in total. The molecule has 0 aliphatic heterocycles. The molecule has 20 heavy (non-hydrogen) atoms. The van der Waals surface area contributed by atoms with Gasteiger partial charge in [0.1, 0.15) is 0 Å². The molecular weight excluding hydrogens is 256 g/mol. The van der Waals surface area contributed by atoms with Crippen LogP contribution < -0.4 is 10.6 Å². The molecule has 0 aromatic carbocycles. The number of anilines is 1. The summed E-state index contributed by atoms with van der Waals surface area (Å²) in [7, 11) is 3.84. The Bertz CT molecular complexity index is 498. The Labute approximate surface area is 119 Å². The minimum Gasteiger partial charge on any atom is -0.346 e. The largest absolute Gasteiger partial charge is 0.346 e. The molecule has 1 aromatic heterocycles. The van der Waals surface area contributed by atoms with Crippen LogP contribution in [0.4, 0.5) is 5.69 Å². The third-order valence-corrected chi connectivity index (χ3v) is 3.39. The van der Waals surface area contributed by atoms with E-state index in [2.05, 4.69) is 15.6 Å². The highest BCUT2D eigenvalue weighted by atomic mass is 16.2. The summed E-state index contributed by atoms with van der Waals surface area (Å²) in [6.45, 7) is 6.19. The van der Waals surface area contributed by atoms with Gasteiger partial charge in [-0.25, -0.2) is 0 Å². The number of nitrogens with zero attached hydrogens (tertiary/aromatic N) is 2. The van der Waals surface area contributed by atoms with Crippen molar-refractivity contribution in [2.45, 2.75) is 26.3 Å². The molecule has 0 saturated carbocycles. The first-order valence-corrected chi connectivity index (χ1v) is 6.41. The summed E-state index contributed by atoms with van der Waals surface area (Å²) in [5.41, 5.74) is 1.18. The molecule has 0 aliphatic rings. The van der Waals surface area contributed by atoms with E-state index in [-0.39, 0.29) is 5.54 Å². The number of aryl methyl sites for hydroxylation is 1. The first-order valence-electron chi connectivity index (χ1n) is 6.41. The van der Waals surface area contributed by atoms with E-state index in [1.165, 1.54) is 6.20 Å². The zero-order valence-electron chi connectivity index (χ0n) is 12.7. The first-order chi connectivity index (χ1) is 9.24. The summed E-state index contributed by atoms with van der Waals surface area (Å²) in [5.74, 6) is -1.33. The third kappa shape index (κ3) is 4.31. The van der Waals surface area contributed by atoms with E-state index in [4.69, 9.17) is 0 Å². The topological polar surface area (TPSA) is 74.3 Å². The molecule has 0 atom stereocenters. The molecule has 1 aromatic rings. The van der Waals surface area contributed by atoms with Gasteiger partial charge in [-0.1, -0.05) is 0 Å². The van der Waals surface area contributed by atoms with Gasteiger partial charge < -0.3 is 15.5 Å². The summed E-state index contributed by atoms with van der Waals surface area (Å²) < 4.78 is 0. The molecule has 2 amide bonds. The van der Waals surface area contributed by atoms with Gasteiger partial charge in [-0.05, 0) is 46.5 Å². The lowest BCUT2D eigenvalue weighted by Crippen LogP contribution is -2.50. The fourth-order valence-electron chi connectivity index (χ4n) is 1.31. The molecule has 6 nitrogen and oxygen atoms in total. The molecule has 0 aliphatic carbocycles. The van der Waals surface area contributed by atoms with Gasteiger partial charge in [-0.2, -0.15) is 0 Å². The second-order valence-corrected chi connectivity index (χ2v) is 5.53. The molecule has 0 fully saturated rings. The Morgan fingerprint density at radius 1 is 1.30 bits per heavy atom. The van der Waals surface area contributed by atoms with E-state index in [9.17, 15) is 9.59 Å². The zero-order chi connectivity index (χ0) is 15.3. The second kappa shape index (κ2) is 6.47. The molecule has 6 heteroatoms. The smallest absolute Gasteiger partial charge is 0.313 e. The quantitative estimate of drug-likeness (QED) is 0.798. The van der Waals surface area contributed by atoms with Gasteiger partial charge in [0.2, 0.25) is 0 Å². The van der Waals surface area contributed by atoms with Gasteiger partial charge in [0, 0.05) is 18.3 Å². The van der Waals surface area contributed by atoms with Gasteiger partial charge in [-0.15, -0.1) is 0 Å². The summed E-state index contributed by atoms with van der Waals surface area (Å²) in [6, 6.07) is 1.77. The van der Waals surface area contributed by atoms with Crippen LogP contribution in [0.5, 0.6) is 0 Å². The highest BCUT2D eigenvalue weighted by Gasteiger charge is 2.23. The first kappa shape index (κ1) is 16.1. The number of hydrogen-bond acceptors (Lipinski definition) is 4. The van der Waals surface area contributed by atoms with Crippen LogP contribution in [0.15, 0.2) is 18.5 Å². The maximum atomic E-state index is 11.8. The van der Waals surface area contributed by atoms with Gasteiger partial charge >= 0.3 is 11.8 Å². The van der Waals surface area contributed by atoms with Gasteiger partial charge in [0.05, 0.1) is 11.9 Å². The van der Waals surface area contributed by atoms with Crippen LogP contribution >= 0.6 is 0 Å². The highest BCUT2D eigenvalue weighted by molar-refractivity contribution is 6.39. The molecule has 0 saturated heterocycles. The molecule has 110 valence electrons. The summed E-state index contributed by atoms with van der Waals surface area (Å²) in [6.07, 6.45) is 3.15. The molecule has 0 bridgehead atoms. The van der Waals surface area contributed by atoms with Gasteiger partial charge in [0.25, 0.3) is 0 Å². The van der Waals surface area contributed by atoms with Crippen molar-refractivity contribution in [3.05, 3.63) is 24.0 Å². The van der Waals surface area contributed by atoms with E-state index < -0.39 is 11.8 Å². The van der Waals surface area contributed by atoms with Crippen LogP contribution in [-0.4, -0.2) is 47.9 Å². The number of nitrogens with one attached hydrogen (secondary N) is 2. The van der Waals surface area contributed by atoms with Gasteiger partial charge in [-0.3, -0.25) is 14.6 Å². The average molecular weight is 278 g/mol.